The summed E-state index contributed by atoms with van der Waals surface area (Å²) in [6.07, 6.45) is 3.13. The Kier molecular flexibility index (Phi) is 3.76. The number of halogens is 1. The Balaban J connectivity index is 2.39. The number of rotatable bonds is 3. The van der Waals surface area contributed by atoms with Crippen molar-refractivity contribution in [3.63, 3.8) is 0 Å². The molecule has 0 atom stereocenters. The van der Waals surface area contributed by atoms with Crippen LogP contribution in [-0.4, -0.2) is 9.55 Å². The number of hydrogen-bond acceptors (Lipinski definition) is 4. The molecule has 0 saturated carbocycles. The van der Waals surface area contributed by atoms with Crippen molar-refractivity contribution in [3.05, 3.63) is 46.0 Å². The average Bonchev–Trinajstić information content (AvgIpc) is 2.34. The SMILES string of the molecule is CC(C)n1ccnc(Oc2ccc(Cl)cc2N)c1=O. The zero-order valence-corrected chi connectivity index (χ0v) is 11.4. The molecule has 0 radical (unpaired) electrons. The summed E-state index contributed by atoms with van der Waals surface area (Å²) in [7, 11) is 0. The fraction of sp³-hybridized carbons (Fsp3) is 0.231. The van der Waals surface area contributed by atoms with Crippen LogP contribution in [0.3, 0.4) is 0 Å². The molecular weight excluding hydrogens is 266 g/mol. The number of benzene rings is 1. The van der Waals surface area contributed by atoms with Gasteiger partial charge in [-0.2, -0.15) is 0 Å². The summed E-state index contributed by atoms with van der Waals surface area (Å²) in [5.41, 5.74) is 5.83. The van der Waals surface area contributed by atoms with Crippen LogP contribution in [0.2, 0.25) is 5.02 Å². The second-order valence-corrected chi connectivity index (χ2v) is 4.76. The molecule has 1 aromatic heterocycles. The second-order valence-electron chi connectivity index (χ2n) is 4.32. The quantitative estimate of drug-likeness (QED) is 0.877. The number of nitrogen functional groups attached to an aromatic ring is 1. The van der Waals surface area contributed by atoms with Gasteiger partial charge in [0.05, 0.1) is 5.69 Å². The highest BCUT2D eigenvalue weighted by atomic mass is 35.5. The van der Waals surface area contributed by atoms with Gasteiger partial charge in [-0.3, -0.25) is 4.79 Å². The van der Waals surface area contributed by atoms with Gasteiger partial charge in [0.1, 0.15) is 0 Å². The highest BCUT2D eigenvalue weighted by Crippen LogP contribution is 2.27. The van der Waals surface area contributed by atoms with E-state index >= 15 is 0 Å². The van der Waals surface area contributed by atoms with Crippen LogP contribution in [0.5, 0.6) is 11.6 Å². The third-order valence-electron chi connectivity index (χ3n) is 2.57. The minimum atomic E-state index is -0.299. The molecule has 2 N–H and O–H groups in total. The summed E-state index contributed by atoms with van der Waals surface area (Å²) in [5.74, 6) is 0.348. The van der Waals surface area contributed by atoms with Gasteiger partial charge < -0.3 is 15.0 Å². The van der Waals surface area contributed by atoms with Crippen molar-refractivity contribution in [2.75, 3.05) is 5.73 Å². The number of anilines is 1. The number of hydrogen-bond donors (Lipinski definition) is 1. The first-order chi connectivity index (χ1) is 8.99. The molecule has 0 aliphatic rings. The average molecular weight is 280 g/mol. The van der Waals surface area contributed by atoms with E-state index in [2.05, 4.69) is 4.98 Å². The Morgan fingerprint density at radius 1 is 1.42 bits per heavy atom. The van der Waals surface area contributed by atoms with Crippen molar-refractivity contribution >= 4 is 17.3 Å². The Morgan fingerprint density at radius 3 is 2.79 bits per heavy atom. The third-order valence-corrected chi connectivity index (χ3v) is 2.81. The Morgan fingerprint density at radius 2 is 2.16 bits per heavy atom. The molecule has 0 aliphatic carbocycles. The molecule has 0 amide bonds. The lowest BCUT2D eigenvalue weighted by Crippen LogP contribution is -2.23. The van der Waals surface area contributed by atoms with Gasteiger partial charge in [-0.05, 0) is 32.0 Å². The van der Waals surface area contributed by atoms with E-state index in [1.54, 1.807) is 24.4 Å². The Bertz CT molecular complexity index is 653. The van der Waals surface area contributed by atoms with E-state index in [0.717, 1.165) is 0 Å². The normalized spacial score (nSPS) is 10.7. The van der Waals surface area contributed by atoms with Gasteiger partial charge in [0.15, 0.2) is 5.75 Å². The maximum absolute atomic E-state index is 12.1. The molecular formula is C13H14ClN3O2. The molecule has 0 unspecified atom stereocenters. The second kappa shape index (κ2) is 5.32. The number of nitrogens with zero attached hydrogens (tertiary/aromatic N) is 2. The fourth-order valence-corrected chi connectivity index (χ4v) is 1.78. The summed E-state index contributed by atoms with van der Waals surface area (Å²) < 4.78 is 6.99. The monoisotopic (exact) mass is 279 g/mol. The maximum Gasteiger partial charge on any atom is 0.313 e. The van der Waals surface area contributed by atoms with Crippen molar-refractivity contribution < 1.29 is 4.74 Å². The molecule has 0 aliphatic heterocycles. The van der Waals surface area contributed by atoms with Crippen LogP contribution in [-0.2, 0) is 0 Å². The minimum absolute atomic E-state index is 0.00905. The first kappa shape index (κ1) is 13.4. The molecule has 2 rings (SSSR count). The van der Waals surface area contributed by atoms with Crippen molar-refractivity contribution in [2.45, 2.75) is 19.9 Å². The summed E-state index contributed by atoms with van der Waals surface area (Å²) >= 11 is 5.80. The fourth-order valence-electron chi connectivity index (χ4n) is 1.60. The largest absolute Gasteiger partial charge is 0.432 e. The maximum atomic E-state index is 12.1. The summed E-state index contributed by atoms with van der Waals surface area (Å²) in [6.45, 7) is 3.81. The predicted octanol–water partition coefficient (Wildman–Crippen LogP) is 2.85. The van der Waals surface area contributed by atoms with Gasteiger partial charge in [0, 0.05) is 23.5 Å². The molecule has 6 heteroatoms. The first-order valence-corrected chi connectivity index (χ1v) is 6.17. The van der Waals surface area contributed by atoms with Crippen LogP contribution < -0.4 is 16.0 Å². The van der Waals surface area contributed by atoms with E-state index in [9.17, 15) is 4.79 Å². The molecule has 1 heterocycles. The lowest BCUT2D eigenvalue weighted by Gasteiger charge is -2.11. The van der Waals surface area contributed by atoms with Crippen LogP contribution in [0.25, 0.3) is 0 Å². The van der Waals surface area contributed by atoms with E-state index in [0.29, 0.717) is 16.5 Å². The molecule has 19 heavy (non-hydrogen) atoms. The lowest BCUT2D eigenvalue weighted by molar-refractivity contribution is 0.439. The Labute approximate surface area is 115 Å². The molecule has 100 valence electrons. The van der Waals surface area contributed by atoms with Crippen LogP contribution in [0.15, 0.2) is 35.4 Å². The van der Waals surface area contributed by atoms with Gasteiger partial charge >= 0.3 is 5.56 Å². The molecule has 1 aromatic carbocycles. The van der Waals surface area contributed by atoms with Crippen molar-refractivity contribution in [1.29, 1.82) is 0 Å². The number of aromatic nitrogens is 2. The smallest absolute Gasteiger partial charge is 0.313 e. The summed E-state index contributed by atoms with van der Waals surface area (Å²) in [4.78, 5) is 16.0. The van der Waals surface area contributed by atoms with E-state index in [4.69, 9.17) is 22.1 Å². The van der Waals surface area contributed by atoms with Gasteiger partial charge in [0.2, 0.25) is 0 Å². The zero-order chi connectivity index (χ0) is 14.0. The van der Waals surface area contributed by atoms with Crippen LogP contribution >= 0.6 is 11.6 Å². The van der Waals surface area contributed by atoms with Crippen LogP contribution in [0.1, 0.15) is 19.9 Å². The van der Waals surface area contributed by atoms with Crippen LogP contribution in [0.4, 0.5) is 5.69 Å². The van der Waals surface area contributed by atoms with Crippen LogP contribution in [0, 0.1) is 0 Å². The molecule has 2 aromatic rings. The highest BCUT2D eigenvalue weighted by Gasteiger charge is 2.11. The summed E-state index contributed by atoms with van der Waals surface area (Å²) in [6, 6.07) is 4.82. The van der Waals surface area contributed by atoms with E-state index in [1.165, 1.54) is 10.8 Å². The topological polar surface area (TPSA) is 70.1 Å². The molecule has 0 bridgehead atoms. The number of ether oxygens (including phenoxy) is 1. The highest BCUT2D eigenvalue weighted by molar-refractivity contribution is 6.30. The van der Waals surface area contributed by atoms with Crippen molar-refractivity contribution in [2.24, 2.45) is 0 Å². The minimum Gasteiger partial charge on any atom is -0.432 e. The van der Waals surface area contributed by atoms with Gasteiger partial charge in [0.25, 0.3) is 5.88 Å². The first-order valence-electron chi connectivity index (χ1n) is 5.79. The summed E-state index contributed by atoms with van der Waals surface area (Å²) in [5, 5.41) is 0.505. The van der Waals surface area contributed by atoms with Gasteiger partial charge in [-0.25, -0.2) is 4.98 Å². The van der Waals surface area contributed by atoms with Crippen molar-refractivity contribution in [1.82, 2.24) is 9.55 Å². The standard InChI is InChI=1S/C13H14ClN3O2/c1-8(2)17-6-5-16-12(13(17)18)19-11-4-3-9(14)7-10(11)15/h3-8H,15H2,1-2H3. The number of nitrogens with two attached hydrogens (primary N) is 1. The lowest BCUT2D eigenvalue weighted by atomic mass is 10.3. The molecule has 0 fully saturated rings. The molecule has 0 spiro atoms. The predicted molar refractivity (Wildman–Crippen MR) is 74.8 cm³/mol. The van der Waals surface area contributed by atoms with E-state index in [1.807, 2.05) is 13.8 Å². The van der Waals surface area contributed by atoms with Gasteiger partial charge in [-0.15, -0.1) is 0 Å². The third kappa shape index (κ3) is 2.88. The Hall–Kier alpha value is -2.01. The molecule has 0 saturated heterocycles. The van der Waals surface area contributed by atoms with E-state index < -0.39 is 0 Å². The van der Waals surface area contributed by atoms with Crippen molar-refractivity contribution in [3.8, 4) is 11.6 Å². The molecule has 5 nitrogen and oxygen atoms in total. The van der Waals surface area contributed by atoms with E-state index in [-0.39, 0.29) is 17.5 Å². The van der Waals surface area contributed by atoms with Gasteiger partial charge in [-0.1, -0.05) is 11.6 Å². The zero-order valence-electron chi connectivity index (χ0n) is 10.6.